The molecule has 0 bridgehead atoms. The molecule has 1 aliphatic rings. The minimum atomic E-state index is -1.27. The van der Waals surface area contributed by atoms with E-state index in [1.54, 1.807) is 31.2 Å². The van der Waals surface area contributed by atoms with Gasteiger partial charge in [-0.3, -0.25) is 19.3 Å². The number of ketones is 1. The molecule has 7 nitrogen and oxygen atoms in total. The first kappa shape index (κ1) is 22.2. The van der Waals surface area contributed by atoms with Crippen molar-refractivity contribution in [3.8, 4) is 0 Å². The van der Waals surface area contributed by atoms with Crippen molar-refractivity contribution in [2.75, 3.05) is 6.54 Å². The molecule has 162 valence electrons. The van der Waals surface area contributed by atoms with Crippen molar-refractivity contribution in [1.82, 2.24) is 10.2 Å². The van der Waals surface area contributed by atoms with Gasteiger partial charge < -0.3 is 10.1 Å². The van der Waals surface area contributed by atoms with Crippen LogP contribution in [0, 0.1) is 6.92 Å². The number of esters is 1. The Kier molecular flexibility index (Phi) is 6.24. The molecule has 31 heavy (non-hydrogen) atoms. The number of nitrogens with one attached hydrogen (secondary N) is 1. The number of carbonyl (C=O) groups is 4. The summed E-state index contributed by atoms with van der Waals surface area (Å²) in [5, 5.41) is 2.65. The first-order chi connectivity index (χ1) is 14.7. The third-order valence-corrected chi connectivity index (χ3v) is 5.52. The normalized spacial score (nSPS) is 19.2. The standard InChI is InChI=1S/C24H26N2O5/c1-5-17-8-10-18(11-9-17)21(28)16(3)31-20(27)14-26-22(29)24(4,25-23(26)30)19-12-6-15(2)7-13-19/h6-13,16H,5,14H2,1-4H3,(H,25,30)/t16-,24+/m0/s1. The predicted molar refractivity (Wildman–Crippen MR) is 114 cm³/mol. The van der Waals surface area contributed by atoms with E-state index >= 15 is 0 Å². The Morgan fingerprint density at radius 3 is 2.26 bits per heavy atom. The van der Waals surface area contributed by atoms with Gasteiger partial charge in [-0.1, -0.05) is 61.0 Å². The van der Waals surface area contributed by atoms with Gasteiger partial charge in [0, 0.05) is 5.56 Å². The molecule has 0 radical (unpaired) electrons. The molecule has 0 aliphatic carbocycles. The maximum Gasteiger partial charge on any atom is 0.326 e. The van der Waals surface area contributed by atoms with Crippen molar-refractivity contribution in [2.45, 2.75) is 45.8 Å². The van der Waals surface area contributed by atoms with Gasteiger partial charge in [-0.25, -0.2) is 4.79 Å². The van der Waals surface area contributed by atoms with Crippen molar-refractivity contribution in [3.05, 3.63) is 70.8 Å². The predicted octanol–water partition coefficient (Wildman–Crippen LogP) is 3.14. The topological polar surface area (TPSA) is 92.8 Å². The molecule has 0 spiro atoms. The number of hydrogen-bond donors (Lipinski definition) is 1. The zero-order valence-electron chi connectivity index (χ0n) is 18.1. The van der Waals surface area contributed by atoms with Crippen LogP contribution in [0.4, 0.5) is 4.79 Å². The summed E-state index contributed by atoms with van der Waals surface area (Å²) in [7, 11) is 0. The van der Waals surface area contributed by atoms with Crippen LogP contribution in [0.5, 0.6) is 0 Å². The molecule has 2 aromatic rings. The number of Topliss-reactive ketones (excluding diaryl/α,β-unsaturated/α-hetero) is 1. The monoisotopic (exact) mass is 422 g/mol. The highest BCUT2D eigenvalue weighted by molar-refractivity contribution is 6.09. The third-order valence-electron chi connectivity index (χ3n) is 5.52. The first-order valence-electron chi connectivity index (χ1n) is 10.2. The Labute approximate surface area is 181 Å². The lowest BCUT2D eigenvalue weighted by Crippen LogP contribution is -2.42. The van der Waals surface area contributed by atoms with Gasteiger partial charge in [-0.15, -0.1) is 0 Å². The number of nitrogens with zero attached hydrogens (tertiary/aromatic N) is 1. The number of aryl methyl sites for hydroxylation is 2. The number of carbonyl (C=O) groups excluding carboxylic acids is 4. The second-order valence-electron chi connectivity index (χ2n) is 7.86. The van der Waals surface area contributed by atoms with Crippen molar-refractivity contribution in [1.29, 1.82) is 0 Å². The van der Waals surface area contributed by atoms with Crippen molar-refractivity contribution in [3.63, 3.8) is 0 Å². The number of benzene rings is 2. The quantitative estimate of drug-likeness (QED) is 0.420. The van der Waals surface area contributed by atoms with Crippen LogP contribution in [0.25, 0.3) is 0 Å². The highest BCUT2D eigenvalue weighted by atomic mass is 16.5. The van der Waals surface area contributed by atoms with Crippen LogP contribution < -0.4 is 5.32 Å². The second-order valence-corrected chi connectivity index (χ2v) is 7.86. The Hall–Kier alpha value is -3.48. The fourth-order valence-electron chi connectivity index (χ4n) is 3.48. The van der Waals surface area contributed by atoms with E-state index in [1.165, 1.54) is 6.92 Å². The molecule has 0 unspecified atom stereocenters. The molecule has 3 rings (SSSR count). The fourth-order valence-corrected chi connectivity index (χ4v) is 3.48. The molecule has 7 heteroatoms. The summed E-state index contributed by atoms with van der Waals surface area (Å²) >= 11 is 0. The SMILES string of the molecule is CCc1ccc(C(=O)[C@H](C)OC(=O)CN2C(=O)N[C@](C)(c3ccc(C)cc3)C2=O)cc1. The largest absolute Gasteiger partial charge is 0.453 e. The van der Waals surface area contributed by atoms with Crippen LogP contribution in [0.3, 0.4) is 0 Å². The summed E-state index contributed by atoms with van der Waals surface area (Å²) in [6, 6.07) is 13.6. The molecule has 1 fully saturated rings. The van der Waals surface area contributed by atoms with Gasteiger partial charge in [-0.05, 0) is 38.3 Å². The van der Waals surface area contributed by atoms with Gasteiger partial charge >= 0.3 is 12.0 Å². The first-order valence-corrected chi connectivity index (χ1v) is 10.2. The highest BCUT2D eigenvalue weighted by Crippen LogP contribution is 2.29. The summed E-state index contributed by atoms with van der Waals surface area (Å²) in [4.78, 5) is 51.0. The van der Waals surface area contributed by atoms with Crippen LogP contribution in [0.1, 0.15) is 47.8 Å². The van der Waals surface area contributed by atoms with E-state index in [-0.39, 0.29) is 5.78 Å². The van der Waals surface area contributed by atoms with Crippen LogP contribution in [0.15, 0.2) is 48.5 Å². The smallest absolute Gasteiger partial charge is 0.326 e. The van der Waals surface area contributed by atoms with Gasteiger partial charge in [0.15, 0.2) is 6.10 Å². The van der Waals surface area contributed by atoms with Crippen molar-refractivity contribution >= 4 is 23.7 Å². The maximum atomic E-state index is 12.9. The molecule has 1 saturated heterocycles. The van der Waals surface area contributed by atoms with Gasteiger partial charge in [0.1, 0.15) is 12.1 Å². The molecule has 2 atom stereocenters. The van der Waals surface area contributed by atoms with Crippen LogP contribution in [-0.2, 0) is 26.3 Å². The number of urea groups is 1. The molecule has 2 aromatic carbocycles. The Bertz CT molecular complexity index is 1010. The van der Waals surface area contributed by atoms with E-state index in [2.05, 4.69) is 5.32 Å². The molecule has 3 amide bonds. The molecule has 1 aliphatic heterocycles. The maximum absolute atomic E-state index is 12.9. The zero-order chi connectivity index (χ0) is 22.8. The number of imide groups is 1. The summed E-state index contributed by atoms with van der Waals surface area (Å²) in [5.74, 6) is -1.73. The van der Waals surface area contributed by atoms with Crippen molar-refractivity contribution in [2.24, 2.45) is 0 Å². The Balaban J connectivity index is 1.65. The van der Waals surface area contributed by atoms with E-state index < -0.39 is 36.1 Å². The minimum absolute atomic E-state index is 0.349. The minimum Gasteiger partial charge on any atom is -0.453 e. The van der Waals surface area contributed by atoms with E-state index in [4.69, 9.17) is 4.74 Å². The fraction of sp³-hybridized carbons (Fsp3) is 0.333. The molecular weight excluding hydrogens is 396 g/mol. The van der Waals surface area contributed by atoms with E-state index in [9.17, 15) is 19.2 Å². The summed E-state index contributed by atoms with van der Waals surface area (Å²) in [6.07, 6.45) is -0.184. The lowest BCUT2D eigenvalue weighted by atomic mass is 9.91. The molecule has 0 saturated carbocycles. The Morgan fingerprint density at radius 2 is 1.68 bits per heavy atom. The summed E-state index contributed by atoms with van der Waals surface area (Å²) < 4.78 is 5.21. The molecule has 1 N–H and O–H groups in total. The number of rotatable bonds is 7. The molecule has 0 aromatic heterocycles. The number of hydrogen-bond acceptors (Lipinski definition) is 5. The zero-order valence-corrected chi connectivity index (χ0v) is 18.1. The lowest BCUT2D eigenvalue weighted by Gasteiger charge is -2.22. The van der Waals surface area contributed by atoms with Crippen molar-refractivity contribution < 1.29 is 23.9 Å². The number of ether oxygens (including phenoxy) is 1. The van der Waals surface area contributed by atoms with E-state index in [0.717, 1.165) is 22.4 Å². The Morgan fingerprint density at radius 1 is 1.06 bits per heavy atom. The summed E-state index contributed by atoms with van der Waals surface area (Å²) in [6.45, 7) is 6.43. The van der Waals surface area contributed by atoms with Gasteiger partial charge in [0.2, 0.25) is 5.78 Å². The van der Waals surface area contributed by atoms with Crippen LogP contribution in [-0.4, -0.2) is 41.2 Å². The lowest BCUT2D eigenvalue weighted by molar-refractivity contribution is -0.149. The van der Waals surface area contributed by atoms with Gasteiger partial charge in [0.05, 0.1) is 0 Å². The van der Waals surface area contributed by atoms with Gasteiger partial charge in [0.25, 0.3) is 5.91 Å². The van der Waals surface area contributed by atoms with Crippen LogP contribution >= 0.6 is 0 Å². The average molecular weight is 422 g/mol. The molecular formula is C24H26N2O5. The third kappa shape index (κ3) is 4.50. The highest BCUT2D eigenvalue weighted by Gasteiger charge is 2.49. The second kappa shape index (κ2) is 8.71. The van der Waals surface area contributed by atoms with E-state index in [1.807, 2.05) is 38.1 Å². The van der Waals surface area contributed by atoms with Crippen LogP contribution in [0.2, 0.25) is 0 Å². The van der Waals surface area contributed by atoms with E-state index in [0.29, 0.717) is 11.1 Å². The summed E-state index contributed by atoms with van der Waals surface area (Å²) in [5.41, 5.74) is 1.89. The average Bonchev–Trinajstić information content (AvgIpc) is 2.97. The molecule has 1 heterocycles. The van der Waals surface area contributed by atoms with Gasteiger partial charge in [-0.2, -0.15) is 0 Å². The number of amides is 3.